The summed E-state index contributed by atoms with van der Waals surface area (Å²) >= 11 is 0. The van der Waals surface area contributed by atoms with Gasteiger partial charge in [-0.15, -0.1) is 0 Å². The van der Waals surface area contributed by atoms with Crippen molar-refractivity contribution in [1.29, 1.82) is 0 Å². The Bertz CT molecular complexity index is 574. The second-order valence-corrected chi connectivity index (χ2v) is 3.69. The third-order valence-corrected chi connectivity index (χ3v) is 2.25. The molecule has 2 aromatic heterocycles. The van der Waals surface area contributed by atoms with Gasteiger partial charge in [-0.05, 0) is 36.4 Å². The van der Waals surface area contributed by atoms with Crippen molar-refractivity contribution in [3.05, 3.63) is 72.6 Å². The fourth-order valence-corrected chi connectivity index (χ4v) is 1.32. The van der Waals surface area contributed by atoms with E-state index in [0.29, 0.717) is 17.0 Å². The van der Waals surface area contributed by atoms with Crippen LogP contribution < -0.4 is 10.9 Å². The van der Waals surface area contributed by atoms with Crippen LogP contribution in [-0.4, -0.2) is 10.9 Å². The molecule has 0 aromatic carbocycles. The third kappa shape index (κ3) is 3.85. The van der Waals surface area contributed by atoms with E-state index in [-0.39, 0.29) is 5.91 Å². The fraction of sp³-hybridized carbons (Fsp3) is 0. The van der Waals surface area contributed by atoms with Crippen LogP contribution in [0.1, 0.15) is 16.1 Å². The predicted molar refractivity (Wildman–Crippen MR) is 71.7 cm³/mol. The van der Waals surface area contributed by atoms with E-state index in [1.54, 1.807) is 42.8 Å². The fourth-order valence-electron chi connectivity index (χ4n) is 1.32. The lowest BCUT2D eigenvalue weighted by atomic mass is 10.3. The number of hydrogen-bond donors (Lipinski definition) is 2. The predicted octanol–water partition coefficient (Wildman–Crippen LogP) is 2.14. The van der Waals surface area contributed by atoms with E-state index in [2.05, 4.69) is 22.4 Å². The highest BCUT2D eigenvalue weighted by molar-refractivity contribution is 5.93. The maximum atomic E-state index is 11.7. The second-order valence-electron chi connectivity index (χ2n) is 3.69. The van der Waals surface area contributed by atoms with Gasteiger partial charge in [-0.2, -0.15) is 0 Å². The summed E-state index contributed by atoms with van der Waals surface area (Å²) in [6, 6.07) is 6.98. The topological polar surface area (TPSA) is 67.2 Å². The number of carbonyl (C=O) groups excluding carboxylic acids is 1. The zero-order valence-corrected chi connectivity index (χ0v) is 10.2. The van der Waals surface area contributed by atoms with Crippen LogP contribution in [0.25, 0.3) is 6.08 Å². The van der Waals surface area contributed by atoms with Crippen molar-refractivity contribution in [2.24, 2.45) is 0 Å². The summed E-state index contributed by atoms with van der Waals surface area (Å²) in [5.74, 6) is 0.433. The molecule has 0 saturated heterocycles. The maximum Gasteiger partial charge on any atom is 0.271 e. The molecule has 2 heterocycles. The van der Waals surface area contributed by atoms with E-state index < -0.39 is 0 Å². The molecule has 0 fully saturated rings. The molecular weight excluding hydrogens is 242 g/mol. The minimum atomic E-state index is -0.277. The highest BCUT2D eigenvalue weighted by Gasteiger charge is 2.03. The van der Waals surface area contributed by atoms with E-state index in [1.807, 2.05) is 6.07 Å². The van der Waals surface area contributed by atoms with E-state index >= 15 is 0 Å². The average molecular weight is 255 g/mol. The van der Waals surface area contributed by atoms with Gasteiger partial charge in [-0.25, -0.2) is 0 Å². The highest BCUT2D eigenvalue weighted by Crippen LogP contribution is 2.03. The first-order valence-corrected chi connectivity index (χ1v) is 5.62. The molecular formula is C14H13N3O2. The Hall–Kier alpha value is -2.82. The van der Waals surface area contributed by atoms with Crippen LogP contribution in [0.5, 0.6) is 0 Å². The molecule has 2 N–H and O–H groups in total. The molecule has 5 nitrogen and oxygen atoms in total. The van der Waals surface area contributed by atoms with Crippen LogP contribution in [0.2, 0.25) is 0 Å². The van der Waals surface area contributed by atoms with Gasteiger partial charge in [0.1, 0.15) is 5.76 Å². The van der Waals surface area contributed by atoms with Crippen molar-refractivity contribution in [1.82, 2.24) is 15.8 Å². The van der Waals surface area contributed by atoms with Gasteiger partial charge in [0.2, 0.25) is 0 Å². The standard InChI is InChI=1S/C14H13N3O2/c1-11(6-7-13-5-3-9-19-13)16-17-14(18)12-4-2-8-15-10-12/h2-10,16H,1H2,(H,17,18). The molecule has 2 aromatic rings. The molecule has 0 unspecified atom stereocenters. The number of amides is 1. The Morgan fingerprint density at radius 1 is 1.32 bits per heavy atom. The number of carbonyl (C=O) groups is 1. The minimum absolute atomic E-state index is 0.277. The first-order valence-electron chi connectivity index (χ1n) is 5.62. The lowest BCUT2D eigenvalue weighted by Gasteiger charge is -2.07. The Morgan fingerprint density at radius 2 is 2.21 bits per heavy atom. The number of hydrogen-bond acceptors (Lipinski definition) is 4. The average Bonchev–Trinajstić information content (AvgIpc) is 2.96. The van der Waals surface area contributed by atoms with Crippen LogP contribution in [0.15, 0.2) is 65.7 Å². The molecule has 0 radical (unpaired) electrons. The van der Waals surface area contributed by atoms with E-state index in [0.717, 1.165) is 0 Å². The van der Waals surface area contributed by atoms with Crippen LogP contribution in [0, 0.1) is 0 Å². The number of rotatable bonds is 5. The van der Waals surface area contributed by atoms with Crippen LogP contribution in [-0.2, 0) is 0 Å². The second kappa shape index (κ2) is 6.20. The largest absolute Gasteiger partial charge is 0.465 e. The van der Waals surface area contributed by atoms with Crippen molar-refractivity contribution in [2.45, 2.75) is 0 Å². The van der Waals surface area contributed by atoms with Gasteiger partial charge >= 0.3 is 0 Å². The van der Waals surface area contributed by atoms with E-state index in [4.69, 9.17) is 4.42 Å². The van der Waals surface area contributed by atoms with Gasteiger partial charge in [0, 0.05) is 18.1 Å². The molecule has 19 heavy (non-hydrogen) atoms. The SMILES string of the molecule is C=C(C=Cc1ccco1)NNC(=O)c1cccnc1. The Morgan fingerprint density at radius 3 is 2.89 bits per heavy atom. The molecule has 5 heteroatoms. The van der Waals surface area contributed by atoms with Crippen molar-refractivity contribution < 1.29 is 9.21 Å². The molecule has 96 valence electrons. The van der Waals surface area contributed by atoms with Crippen LogP contribution in [0.3, 0.4) is 0 Å². The summed E-state index contributed by atoms with van der Waals surface area (Å²) < 4.78 is 5.13. The first kappa shape index (κ1) is 12.6. The maximum absolute atomic E-state index is 11.7. The molecule has 0 bridgehead atoms. The Kier molecular flexibility index (Phi) is 4.12. The van der Waals surface area contributed by atoms with Crippen molar-refractivity contribution in [3.8, 4) is 0 Å². The van der Waals surface area contributed by atoms with Crippen molar-refractivity contribution in [2.75, 3.05) is 0 Å². The van der Waals surface area contributed by atoms with Crippen molar-refractivity contribution >= 4 is 12.0 Å². The van der Waals surface area contributed by atoms with Gasteiger partial charge in [-0.1, -0.05) is 6.58 Å². The molecule has 0 aliphatic carbocycles. The van der Waals surface area contributed by atoms with E-state index in [9.17, 15) is 4.79 Å². The van der Waals surface area contributed by atoms with Gasteiger partial charge < -0.3 is 4.42 Å². The molecule has 0 atom stereocenters. The summed E-state index contributed by atoms with van der Waals surface area (Å²) in [4.78, 5) is 15.6. The zero-order valence-electron chi connectivity index (χ0n) is 10.2. The summed E-state index contributed by atoms with van der Waals surface area (Å²) in [7, 11) is 0. The molecule has 0 aliphatic heterocycles. The highest BCUT2D eigenvalue weighted by atomic mass is 16.3. The normalized spacial score (nSPS) is 10.3. The van der Waals surface area contributed by atoms with Crippen LogP contribution >= 0.6 is 0 Å². The summed E-state index contributed by atoms with van der Waals surface area (Å²) in [5.41, 5.74) is 6.22. The molecule has 0 spiro atoms. The van der Waals surface area contributed by atoms with Crippen molar-refractivity contribution in [3.63, 3.8) is 0 Å². The first-order chi connectivity index (χ1) is 9.25. The van der Waals surface area contributed by atoms with Gasteiger partial charge in [-0.3, -0.25) is 20.6 Å². The van der Waals surface area contributed by atoms with Crippen LogP contribution in [0.4, 0.5) is 0 Å². The summed E-state index contributed by atoms with van der Waals surface area (Å²) in [6.45, 7) is 3.75. The molecule has 2 rings (SSSR count). The number of pyridine rings is 1. The van der Waals surface area contributed by atoms with Gasteiger partial charge in [0.25, 0.3) is 5.91 Å². The number of furan rings is 1. The molecule has 0 saturated carbocycles. The van der Waals surface area contributed by atoms with Gasteiger partial charge in [0.15, 0.2) is 0 Å². The smallest absolute Gasteiger partial charge is 0.271 e. The number of aromatic nitrogens is 1. The number of hydrazine groups is 1. The lowest BCUT2D eigenvalue weighted by Crippen LogP contribution is -2.35. The Labute approximate surface area is 110 Å². The lowest BCUT2D eigenvalue weighted by molar-refractivity contribution is 0.0939. The third-order valence-electron chi connectivity index (χ3n) is 2.25. The van der Waals surface area contributed by atoms with Gasteiger partial charge in [0.05, 0.1) is 11.8 Å². The number of allylic oxidation sites excluding steroid dienone is 1. The zero-order chi connectivity index (χ0) is 13.5. The molecule has 1 amide bonds. The quantitative estimate of drug-likeness (QED) is 0.634. The monoisotopic (exact) mass is 255 g/mol. The summed E-state index contributed by atoms with van der Waals surface area (Å²) in [5, 5.41) is 0. The number of nitrogens with zero attached hydrogens (tertiary/aromatic N) is 1. The minimum Gasteiger partial charge on any atom is -0.465 e. The number of nitrogens with one attached hydrogen (secondary N) is 2. The molecule has 0 aliphatic rings. The summed E-state index contributed by atoms with van der Waals surface area (Å²) in [6.07, 6.45) is 8.11. The van der Waals surface area contributed by atoms with E-state index in [1.165, 1.54) is 6.20 Å². The Balaban J connectivity index is 1.82.